The molecule has 0 saturated heterocycles. The minimum absolute atomic E-state index is 0.278. The second-order valence-electron chi connectivity index (χ2n) is 5.54. The molecular weight excluding hydrogens is 254 g/mol. The Hall–Kier alpha value is -1.19. The number of carboxylic acids is 1. The van der Waals surface area contributed by atoms with Crippen molar-refractivity contribution < 1.29 is 9.90 Å². The van der Waals surface area contributed by atoms with Crippen LogP contribution < -0.4 is 5.73 Å². The first-order chi connectivity index (χ1) is 9.72. The molecule has 0 aromatic heterocycles. The van der Waals surface area contributed by atoms with E-state index in [-0.39, 0.29) is 6.54 Å². The summed E-state index contributed by atoms with van der Waals surface area (Å²) in [6, 6.07) is 4.04. The molecule has 0 radical (unpaired) electrons. The van der Waals surface area contributed by atoms with Crippen molar-refractivity contribution >= 4 is 12.0 Å². The zero-order valence-electron chi connectivity index (χ0n) is 12.3. The SMILES string of the molecule is C(=NC1CCCCC1)=NC1CCCCC1.NCC(=O)O. The van der Waals surface area contributed by atoms with E-state index >= 15 is 0 Å². The number of nitrogens with zero attached hydrogens (tertiary/aromatic N) is 2. The van der Waals surface area contributed by atoms with Crippen LogP contribution in [0, 0.1) is 0 Å². The molecule has 3 N–H and O–H groups in total. The maximum atomic E-state index is 9.24. The highest BCUT2D eigenvalue weighted by molar-refractivity contribution is 5.68. The van der Waals surface area contributed by atoms with Gasteiger partial charge >= 0.3 is 5.97 Å². The Kier molecular flexibility index (Phi) is 8.92. The van der Waals surface area contributed by atoms with Gasteiger partial charge in [-0.25, -0.2) is 9.98 Å². The number of aliphatic imine (C=N–C) groups is 2. The van der Waals surface area contributed by atoms with Gasteiger partial charge in [0.05, 0.1) is 24.6 Å². The van der Waals surface area contributed by atoms with E-state index in [2.05, 4.69) is 21.7 Å². The quantitative estimate of drug-likeness (QED) is 0.780. The van der Waals surface area contributed by atoms with Crippen LogP contribution in [0.1, 0.15) is 64.2 Å². The van der Waals surface area contributed by atoms with Crippen LogP contribution in [0.5, 0.6) is 0 Å². The Labute approximate surface area is 121 Å². The summed E-state index contributed by atoms with van der Waals surface area (Å²) < 4.78 is 0. The molecule has 2 aliphatic carbocycles. The molecule has 5 heteroatoms. The molecule has 2 saturated carbocycles. The lowest BCUT2D eigenvalue weighted by Gasteiger charge is -2.17. The number of carbonyl (C=O) groups is 1. The second-order valence-corrected chi connectivity index (χ2v) is 5.54. The van der Waals surface area contributed by atoms with Crippen molar-refractivity contribution in [3.63, 3.8) is 0 Å². The molecular formula is C15H27N3O2. The topological polar surface area (TPSA) is 88.0 Å². The number of rotatable bonds is 3. The summed E-state index contributed by atoms with van der Waals surface area (Å²) in [4.78, 5) is 18.2. The third kappa shape index (κ3) is 8.08. The van der Waals surface area contributed by atoms with Crippen LogP contribution in [-0.2, 0) is 4.79 Å². The predicted octanol–water partition coefficient (Wildman–Crippen LogP) is 2.86. The highest BCUT2D eigenvalue weighted by Crippen LogP contribution is 2.21. The van der Waals surface area contributed by atoms with Gasteiger partial charge in [0.25, 0.3) is 0 Å². The molecule has 0 amide bonds. The second kappa shape index (κ2) is 10.6. The molecule has 0 atom stereocenters. The van der Waals surface area contributed by atoms with Gasteiger partial charge in [-0.2, -0.15) is 0 Å². The van der Waals surface area contributed by atoms with E-state index in [0.717, 1.165) is 0 Å². The van der Waals surface area contributed by atoms with Crippen LogP contribution in [0.2, 0.25) is 0 Å². The Morgan fingerprint density at radius 2 is 1.30 bits per heavy atom. The fraction of sp³-hybridized carbons (Fsp3) is 0.867. The van der Waals surface area contributed by atoms with Crippen LogP contribution in [0.4, 0.5) is 0 Å². The number of nitrogens with two attached hydrogens (primary N) is 1. The Morgan fingerprint density at radius 1 is 0.950 bits per heavy atom. The van der Waals surface area contributed by atoms with E-state index in [1.54, 1.807) is 0 Å². The molecule has 2 aliphatic rings. The Morgan fingerprint density at radius 3 is 1.60 bits per heavy atom. The Balaban J connectivity index is 0.000000347. The van der Waals surface area contributed by atoms with Crippen LogP contribution in [0.15, 0.2) is 9.98 Å². The predicted molar refractivity (Wildman–Crippen MR) is 80.3 cm³/mol. The van der Waals surface area contributed by atoms with Gasteiger partial charge in [0.15, 0.2) is 0 Å². The lowest BCUT2D eigenvalue weighted by molar-refractivity contribution is -0.135. The molecule has 20 heavy (non-hydrogen) atoms. The lowest BCUT2D eigenvalue weighted by atomic mass is 9.96. The first-order valence-corrected chi connectivity index (χ1v) is 7.79. The van der Waals surface area contributed by atoms with E-state index in [4.69, 9.17) is 5.11 Å². The van der Waals surface area contributed by atoms with Gasteiger partial charge in [0.2, 0.25) is 0 Å². The summed E-state index contributed by atoms with van der Waals surface area (Å²) in [7, 11) is 0. The summed E-state index contributed by atoms with van der Waals surface area (Å²) >= 11 is 0. The van der Waals surface area contributed by atoms with Crippen molar-refractivity contribution in [2.45, 2.75) is 76.3 Å². The van der Waals surface area contributed by atoms with Gasteiger partial charge in [0.1, 0.15) is 0 Å². The molecule has 2 fully saturated rings. The summed E-state index contributed by atoms with van der Waals surface area (Å²) in [5, 5.41) is 7.60. The maximum Gasteiger partial charge on any atom is 0.317 e. The Bertz CT molecular complexity index is 304. The molecule has 0 unspecified atom stereocenters. The fourth-order valence-electron chi connectivity index (χ4n) is 2.62. The highest BCUT2D eigenvalue weighted by atomic mass is 16.4. The summed E-state index contributed by atoms with van der Waals surface area (Å²) in [6.07, 6.45) is 13.2. The molecule has 5 nitrogen and oxygen atoms in total. The third-order valence-corrected chi connectivity index (χ3v) is 3.80. The van der Waals surface area contributed by atoms with Crippen LogP contribution in [0.25, 0.3) is 0 Å². The van der Waals surface area contributed by atoms with Gasteiger partial charge < -0.3 is 10.8 Å². The molecule has 0 heterocycles. The molecule has 2 rings (SSSR count). The zero-order chi connectivity index (χ0) is 14.6. The first-order valence-electron chi connectivity index (χ1n) is 7.79. The van der Waals surface area contributed by atoms with Gasteiger partial charge in [-0.15, -0.1) is 0 Å². The standard InChI is InChI=1S/C13H22N2.C2H5NO2/c1-3-7-12(8-4-1)14-11-15-13-9-5-2-6-10-13;3-1-2(4)5/h12-13H,1-10H2;1,3H2,(H,4,5). The summed E-state index contributed by atoms with van der Waals surface area (Å²) in [5.41, 5.74) is 4.57. The monoisotopic (exact) mass is 281 g/mol. The minimum atomic E-state index is -0.968. The normalized spacial score (nSPS) is 20.2. The molecule has 0 aliphatic heterocycles. The highest BCUT2D eigenvalue weighted by Gasteiger charge is 2.12. The number of carboxylic acid groups (broad SMARTS) is 1. The first kappa shape index (κ1) is 16.9. The average Bonchev–Trinajstić information content (AvgIpc) is 2.50. The van der Waals surface area contributed by atoms with Crippen molar-refractivity contribution in [1.82, 2.24) is 0 Å². The third-order valence-electron chi connectivity index (χ3n) is 3.80. The number of hydrogen-bond acceptors (Lipinski definition) is 4. The van der Waals surface area contributed by atoms with Crippen molar-refractivity contribution in [3.8, 4) is 0 Å². The van der Waals surface area contributed by atoms with E-state index < -0.39 is 5.97 Å². The van der Waals surface area contributed by atoms with Crippen LogP contribution in [-0.4, -0.2) is 35.7 Å². The van der Waals surface area contributed by atoms with E-state index in [9.17, 15) is 4.79 Å². The van der Waals surface area contributed by atoms with E-state index in [1.165, 1.54) is 64.2 Å². The zero-order valence-corrected chi connectivity index (χ0v) is 12.3. The molecule has 114 valence electrons. The van der Waals surface area contributed by atoms with Crippen LogP contribution >= 0.6 is 0 Å². The number of hydrogen-bond donors (Lipinski definition) is 2. The van der Waals surface area contributed by atoms with Gasteiger partial charge in [-0.1, -0.05) is 38.5 Å². The van der Waals surface area contributed by atoms with Crippen molar-refractivity contribution in [2.24, 2.45) is 15.7 Å². The lowest BCUT2D eigenvalue weighted by Crippen LogP contribution is -2.10. The van der Waals surface area contributed by atoms with E-state index in [1.807, 2.05) is 0 Å². The van der Waals surface area contributed by atoms with Crippen molar-refractivity contribution in [1.29, 1.82) is 0 Å². The minimum Gasteiger partial charge on any atom is -0.480 e. The van der Waals surface area contributed by atoms with Gasteiger partial charge in [-0.05, 0) is 25.7 Å². The van der Waals surface area contributed by atoms with Crippen molar-refractivity contribution in [3.05, 3.63) is 0 Å². The summed E-state index contributed by atoms with van der Waals surface area (Å²) in [6.45, 7) is -0.278. The molecule has 0 aromatic carbocycles. The fourth-order valence-corrected chi connectivity index (χ4v) is 2.62. The number of aliphatic carboxylic acids is 1. The molecule has 0 bridgehead atoms. The van der Waals surface area contributed by atoms with Gasteiger partial charge in [0, 0.05) is 0 Å². The largest absolute Gasteiger partial charge is 0.480 e. The maximum absolute atomic E-state index is 9.24. The van der Waals surface area contributed by atoms with Gasteiger partial charge in [-0.3, -0.25) is 4.79 Å². The van der Waals surface area contributed by atoms with Crippen molar-refractivity contribution in [2.75, 3.05) is 6.54 Å². The average molecular weight is 281 g/mol. The smallest absolute Gasteiger partial charge is 0.317 e. The molecule has 0 aromatic rings. The van der Waals surface area contributed by atoms with Crippen LogP contribution in [0.3, 0.4) is 0 Å². The van der Waals surface area contributed by atoms with E-state index in [0.29, 0.717) is 12.1 Å². The molecule has 0 spiro atoms. The summed E-state index contributed by atoms with van der Waals surface area (Å²) in [5.74, 6) is -0.968.